The molecule has 0 saturated heterocycles. The number of thiazole rings is 1. The van der Waals surface area contributed by atoms with Gasteiger partial charge in [0.15, 0.2) is 5.01 Å². The highest BCUT2D eigenvalue weighted by molar-refractivity contribution is 7.90. The summed E-state index contributed by atoms with van der Waals surface area (Å²) in [5.41, 5.74) is -0.703. The Balaban J connectivity index is 2.27. The fourth-order valence-corrected chi connectivity index (χ4v) is 3.54. The molecule has 0 bridgehead atoms. The van der Waals surface area contributed by atoms with Crippen molar-refractivity contribution in [3.63, 3.8) is 0 Å². The van der Waals surface area contributed by atoms with Crippen LogP contribution in [0.4, 0.5) is 22.0 Å². The molecular formula is C13H9F5N2O4S2. The van der Waals surface area contributed by atoms with Crippen molar-refractivity contribution < 1.29 is 39.9 Å². The molecule has 1 aromatic carbocycles. The van der Waals surface area contributed by atoms with E-state index in [0.717, 1.165) is 24.3 Å². The normalized spacial score (nSPS) is 12.3. The Labute approximate surface area is 147 Å². The summed E-state index contributed by atoms with van der Waals surface area (Å²) < 4.78 is 92.1. The van der Waals surface area contributed by atoms with E-state index in [0.29, 0.717) is 0 Å². The van der Waals surface area contributed by atoms with Crippen LogP contribution >= 0.6 is 11.3 Å². The number of sulfonamides is 1. The molecule has 1 aromatic heterocycles. The molecule has 142 valence electrons. The third-order valence-electron chi connectivity index (χ3n) is 2.82. The summed E-state index contributed by atoms with van der Waals surface area (Å²) in [5, 5.41) is -1.30. The van der Waals surface area contributed by atoms with Gasteiger partial charge in [-0.25, -0.2) is 18.1 Å². The number of benzene rings is 1. The lowest BCUT2D eigenvalue weighted by atomic mass is 10.3. The zero-order chi connectivity index (χ0) is 19.7. The van der Waals surface area contributed by atoms with E-state index in [1.165, 1.54) is 6.92 Å². The van der Waals surface area contributed by atoms with E-state index >= 15 is 0 Å². The maximum atomic E-state index is 12.6. The lowest BCUT2D eigenvalue weighted by Crippen LogP contribution is -2.31. The van der Waals surface area contributed by atoms with Crippen LogP contribution in [0.25, 0.3) is 0 Å². The average Bonchev–Trinajstić information content (AvgIpc) is 2.88. The van der Waals surface area contributed by atoms with Crippen molar-refractivity contribution in [3.05, 3.63) is 39.8 Å². The van der Waals surface area contributed by atoms with Crippen molar-refractivity contribution in [1.29, 1.82) is 0 Å². The van der Waals surface area contributed by atoms with Gasteiger partial charge in [0, 0.05) is 10.9 Å². The van der Waals surface area contributed by atoms with E-state index in [-0.39, 0.29) is 16.2 Å². The quantitative estimate of drug-likeness (QED) is 0.757. The molecule has 0 unspecified atom stereocenters. The van der Waals surface area contributed by atoms with Crippen LogP contribution in [-0.4, -0.2) is 25.9 Å². The topological polar surface area (TPSA) is 85.4 Å². The minimum Gasteiger partial charge on any atom is -0.435 e. The molecule has 1 amide bonds. The van der Waals surface area contributed by atoms with E-state index in [1.807, 2.05) is 0 Å². The lowest BCUT2D eigenvalue weighted by Gasteiger charge is -2.09. The van der Waals surface area contributed by atoms with Crippen LogP contribution in [0.5, 0.6) is 5.75 Å². The second kappa shape index (κ2) is 7.15. The zero-order valence-electron chi connectivity index (χ0n) is 12.7. The van der Waals surface area contributed by atoms with Gasteiger partial charge in [0.1, 0.15) is 11.4 Å². The molecule has 0 aliphatic carbocycles. The highest BCUT2D eigenvalue weighted by atomic mass is 32.2. The van der Waals surface area contributed by atoms with E-state index in [4.69, 9.17) is 0 Å². The largest absolute Gasteiger partial charge is 0.443 e. The van der Waals surface area contributed by atoms with Crippen LogP contribution in [0.2, 0.25) is 0 Å². The second-order valence-corrected chi connectivity index (χ2v) is 7.60. The van der Waals surface area contributed by atoms with Crippen LogP contribution in [0, 0.1) is 6.92 Å². The molecule has 0 fully saturated rings. The number of nitrogens with zero attached hydrogens (tertiary/aromatic N) is 1. The third kappa shape index (κ3) is 4.66. The van der Waals surface area contributed by atoms with Crippen LogP contribution in [0.15, 0.2) is 29.2 Å². The first-order valence-corrected chi connectivity index (χ1v) is 8.87. The molecule has 0 aliphatic heterocycles. The van der Waals surface area contributed by atoms with E-state index in [9.17, 15) is 35.2 Å². The Morgan fingerprint density at radius 3 is 2.50 bits per heavy atom. The Morgan fingerprint density at radius 2 is 1.96 bits per heavy atom. The van der Waals surface area contributed by atoms with Gasteiger partial charge in [0.25, 0.3) is 15.9 Å². The fourth-order valence-electron chi connectivity index (χ4n) is 1.78. The van der Waals surface area contributed by atoms with Gasteiger partial charge in [0.2, 0.25) is 0 Å². The molecule has 0 atom stereocenters. The van der Waals surface area contributed by atoms with Crippen molar-refractivity contribution >= 4 is 27.3 Å². The number of amides is 1. The summed E-state index contributed by atoms with van der Waals surface area (Å²) in [7, 11) is -4.55. The first-order chi connectivity index (χ1) is 11.9. The highest BCUT2D eigenvalue weighted by Gasteiger charge is 2.36. The van der Waals surface area contributed by atoms with Crippen molar-refractivity contribution in [3.8, 4) is 5.75 Å². The van der Waals surface area contributed by atoms with E-state index in [2.05, 4.69) is 9.72 Å². The molecule has 2 aromatic rings. The molecule has 0 spiro atoms. The summed E-state index contributed by atoms with van der Waals surface area (Å²) in [6.45, 7) is -2.02. The first kappa shape index (κ1) is 20.0. The fraction of sp³-hybridized carbons (Fsp3) is 0.231. The zero-order valence-corrected chi connectivity index (χ0v) is 14.3. The molecule has 1 heterocycles. The van der Waals surface area contributed by atoms with Gasteiger partial charge in [-0.2, -0.15) is 22.0 Å². The van der Waals surface area contributed by atoms with Crippen molar-refractivity contribution in [1.82, 2.24) is 9.71 Å². The second-order valence-electron chi connectivity index (χ2n) is 4.71. The standard InChI is InChI=1S/C13H9F5N2O4S2/c1-6-9(19-11(25-6)13(16,17)18)10(21)20-26(22,23)8-4-2-3-7(5-8)24-12(14)15/h2-5,12H,1H3,(H,20,21). The predicted octanol–water partition coefficient (Wildman–Crippen LogP) is 3.19. The minimum atomic E-state index is -4.78. The maximum Gasteiger partial charge on any atom is 0.443 e. The van der Waals surface area contributed by atoms with Gasteiger partial charge in [-0.3, -0.25) is 4.79 Å². The van der Waals surface area contributed by atoms with E-state index < -0.39 is 50.1 Å². The molecule has 0 saturated carbocycles. The molecule has 2 rings (SSSR count). The number of aromatic nitrogens is 1. The molecular weight excluding hydrogens is 407 g/mol. The number of hydrogen-bond acceptors (Lipinski definition) is 6. The van der Waals surface area contributed by atoms with Crippen molar-refractivity contribution in [2.24, 2.45) is 0 Å². The average molecular weight is 416 g/mol. The van der Waals surface area contributed by atoms with Crippen LogP contribution in [0.1, 0.15) is 20.4 Å². The van der Waals surface area contributed by atoms with Crippen LogP contribution < -0.4 is 9.46 Å². The molecule has 0 aliphatic rings. The van der Waals surface area contributed by atoms with Crippen LogP contribution in [-0.2, 0) is 16.2 Å². The monoisotopic (exact) mass is 416 g/mol. The SMILES string of the molecule is Cc1sc(C(F)(F)F)nc1C(=O)NS(=O)(=O)c1cccc(OC(F)F)c1. The third-order valence-corrected chi connectivity index (χ3v) is 5.17. The van der Waals surface area contributed by atoms with E-state index in [1.54, 1.807) is 4.72 Å². The lowest BCUT2D eigenvalue weighted by molar-refractivity contribution is -0.137. The number of rotatable bonds is 5. The molecule has 1 N–H and O–H groups in total. The van der Waals surface area contributed by atoms with Crippen LogP contribution in [0.3, 0.4) is 0 Å². The number of carbonyl (C=O) groups excluding carboxylic acids is 1. The van der Waals surface area contributed by atoms with Gasteiger partial charge in [-0.05, 0) is 19.1 Å². The van der Waals surface area contributed by atoms with Gasteiger partial charge in [-0.15, -0.1) is 11.3 Å². The van der Waals surface area contributed by atoms with Gasteiger partial charge in [0.05, 0.1) is 4.90 Å². The number of ether oxygens (including phenoxy) is 1. The summed E-state index contributed by atoms with van der Waals surface area (Å²) in [6.07, 6.45) is -4.78. The number of carbonyl (C=O) groups is 1. The minimum absolute atomic E-state index is 0.139. The number of nitrogens with one attached hydrogen (secondary N) is 1. The summed E-state index contributed by atoms with van der Waals surface area (Å²) in [6, 6.07) is 3.87. The summed E-state index contributed by atoms with van der Waals surface area (Å²) in [5.74, 6) is -1.85. The number of hydrogen-bond donors (Lipinski definition) is 1. The van der Waals surface area contributed by atoms with Gasteiger partial charge in [-0.1, -0.05) is 6.07 Å². The van der Waals surface area contributed by atoms with Gasteiger partial charge < -0.3 is 4.74 Å². The summed E-state index contributed by atoms with van der Waals surface area (Å²) in [4.78, 5) is 14.4. The first-order valence-electron chi connectivity index (χ1n) is 6.57. The Morgan fingerprint density at radius 1 is 1.31 bits per heavy atom. The molecule has 13 heteroatoms. The smallest absolute Gasteiger partial charge is 0.435 e. The Hall–Kier alpha value is -2.28. The molecule has 0 radical (unpaired) electrons. The predicted molar refractivity (Wildman–Crippen MR) is 79.6 cm³/mol. The number of aryl methyl sites for hydroxylation is 1. The van der Waals surface area contributed by atoms with Crippen molar-refractivity contribution in [2.75, 3.05) is 0 Å². The Kier molecular flexibility index (Phi) is 5.51. The summed E-state index contributed by atoms with van der Waals surface area (Å²) >= 11 is 0.186. The maximum absolute atomic E-state index is 12.6. The highest BCUT2D eigenvalue weighted by Crippen LogP contribution is 2.34. The number of halogens is 5. The van der Waals surface area contributed by atoms with Crippen molar-refractivity contribution in [2.45, 2.75) is 24.6 Å². The van der Waals surface area contributed by atoms with Gasteiger partial charge >= 0.3 is 12.8 Å². The molecule has 6 nitrogen and oxygen atoms in total. The Bertz CT molecular complexity index is 925. The molecule has 26 heavy (non-hydrogen) atoms. The number of alkyl halides is 5.